The zero-order chi connectivity index (χ0) is 15.8. The van der Waals surface area contributed by atoms with Gasteiger partial charge in [-0.2, -0.15) is 0 Å². The van der Waals surface area contributed by atoms with Gasteiger partial charge in [0.15, 0.2) is 6.61 Å². The van der Waals surface area contributed by atoms with Crippen molar-refractivity contribution in [2.45, 2.75) is 26.8 Å². The highest BCUT2D eigenvalue weighted by atomic mass is 35.5. The lowest BCUT2D eigenvalue weighted by molar-refractivity contribution is -0.123. The van der Waals surface area contributed by atoms with Gasteiger partial charge in [0.1, 0.15) is 5.75 Å². The summed E-state index contributed by atoms with van der Waals surface area (Å²) >= 11 is 11.8. The summed E-state index contributed by atoms with van der Waals surface area (Å²) in [5.41, 5.74) is 0. The van der Waals surface area contributed by atoms with Gasteiger partial charge in [-0.15, -0.1) is 0 Å². The van der Waals surface area contributed by atoms with Crippen molar-refractivity contribution in [3.63, 3.8) is 0 Å². The highest BCUT2D eigenvalue weighted by Crippen LogP contribution is 2.27. The molecule has 1 aromatic rings. The van der Waals surface area contributed by atoms with Gasteiger partial charge in [0, 0.05) is 23.7 Å². The molecule has 0 bridgehead atoms. The van der Waals surface area contributed by atoms with Gasteiger partial charge in [0.05, 0.1) is 5.02 Å². The van der Waals surface area contributed by atoms with E-state index in [2.05, 4.69) is 31.0 Å². The number of hydrogen-bond acceptors (Lipinski definition) is 3. The van der Waals surface area contributed by atoms with Gasteiger partial charge in [-0.1, -0.05) is 37.0 Å². The summed E-state index contributed by atoms with van der Waals surface area (Å²) in [6, 6.07) is 5.19. The molecule has 0 fully saturated rings. The van der Waals surface area contributed by atoms with Crippen LogP contribution in [0.3, 0.4) is 0 Å². The van der Waals surface area contributed by atoms with E-state index in [1.165, 1.54) is 0 Å². The Morgan fingerprint density at radius 1 is 1.33 bits per heavy atom. The summed E-state index contributed by atoms with van der Waals surface area (Å²) in [5, 5.41) is 3.81. The van der Waals surface area contributed by atoms with Crippen molar-refractivity contribution in [1.82, 2.24) is 10.2 Å². The number of halogens is 2. The van der Waals surface area contributed by atoms with Gasteiger partial charge < -0.3 is 10.1 Å². The molecule has 1 unspecified atom stereocenters. The molecule has 1 rings (SSSR count). The largest absolute Gasteiger partial charge is 0.482 e. The van der Waals surface area contributed by atoms with Crippen LogP contribution in [-0.2, 0) is 4.79 Å². The van der Waals surface area contributed by atoms with Crippen LogP contribution >= 0.6 is 23.2 Å². The number of carbonyl (C=O) groups excluding carboxylic acids is 1. The zero-order valence-electron chi connectivity index (χ0n) is 12.7. The number of ether oxygens (including phenoxy) is 1. The highest BCUT2D eigenvalue weighted by Gasteiger charge is 2.12. The topological polar surface area (TPSA) is 41.6 Å². The number of hydrogen-bond donors (Lipinski definition) is 1. The molecule has 0 aliphatic heterocycles. The molecule has 0 heterocycles. The van der Waals surface area contributed by atoms with Crippen LogP contribution in [0.1, 0.15) is 20.8 Å². The van der Waals surface area contributed by atoms with Crippen LogP contribution < -0.4 is 10.1 Å². The van der Waals surface area contributed by atoms with Gasteiger partial charge in [-0.05, 0) is 32.1 Å². The molecule has 1 amide bonds. The number of nitrogens with one attached hydrogen (secondary N) is 1. The third kappa shape index (κ3) is 6.12. The molecule has 1 atom stereocenters. The van der Waals surface area contributed by atoms with E-state index >= 15 is 0 Å². The summed E-state index contributed by atoms with van der Waals surface area (Å²) in [5.74, 6) is 0.237. The third-order valence-electron chi connectivity index (χ3n) is 3.28. The maximum absolute atomic E-state index is 11.8. The number of nitrogens with zero attached hydrogens (tertiary/aromatic N) is 1. The Morgan fingerprint density at radius 2 is 2.00 bits per heavy atom. The molecule has 21 heavy (non-hydrogen) atoms. The summed E-state index contributed by atoms with van der Waals surface area (Å²) in [7, 11) is 0. The Labute approximate surface area is 136 Å². The number of carbonyl (C=O) groups is 1. The van der Waals surface area contributed by atoms with Crippen LogP contribution in [0.4, 0.5) is 0 Å². The van der Waals surface area contributed by atoms with E-state index in [1.807, 2.05) is 0 Å². The average molecular weight is 333 g/mol. The van der Waals surface area contributed by atoms with E-state index in [9.17, 15) is 4.79 Å². The average Bonchev–Trinajstić information content (AvgIpc) is 2.47. The zero-order valence-corrected chi connectivity index (χ0v) is 14.2. The maximum Gasteiger partial charge on any atom is 0.257 e. The first-order chi connectivity index (χ1) is 9.97. The van der Waals surface area contributed by atoms with Crippen LogP contribution in [0.5, 0.6) is 5.75 Å². The summed E-state index contributed by atoms with van der Waals surface area (Å²) in [6.07, 6.45) is 0. The van der Waals surface area contributed by atoms with Crippen molar-refractivity contribution in [2.24, 2.45) is 0 Å². The first-order valence-corrected chi connectivity index (χ1v) is 7.82. The first kappa shape index (κ1) is 18.1. The van der Waals surface area contributed by atoms with E-state index in [0.717, 1.165) is 13.1 Å². The molecule has 0 aliphatic rings. The smallest absolute Gasteiger partial charge is 0.257 e. The van der Waals surface area contributed by atoms with E-state index < -0.39 is 0 Å². The van der Waals surface area contributed by atoms with Crippen molar-refractivity contribution in [1.29, 1.82) is 0 Å². The second kappa shape index (κ2) is 9.13. The molecule has 4 nitrogen and oxygen atoms in total. The second-order valence-corrected chi connectivity index (χ2v) is 5.58. The summed E-state index contributed by atoms with van der Waals surface area (Å²) in [6.45, 7) is 8.72. The van der Waals surface area contributed by atoms with E-state index in [1.54, 1.807) is 18.2 Å². The Bertz CT molecular complexity index is 465. The fraction of sp³-hybridized carbons (Fsp3) is 0.533. The van der Waals surface area contributed by atoms with Gasteiger partial charge in [-0.25, -0.2) is 0 Å². The van der Waals surface area contributed by atoms with Gasteiger partial charge in [-0.3, -0.25) is 9.69 Å². The van der Waals surface area contributed by atoms with Crippen molar-refractivity contribution in [3.05, 3.63) is 28.2 Å². The van der Waals surface area contributed by atoms with Crippen molar-refractivity contribution >= 4 is 29.1 Å². The minimum absolute atomic E-state index is 0.0783. The predicted octanol–water partition coefficient (Wildman–Crippen LogP) is 3.22. The molecule has 1 N–H and O–H groups in total. The normalized spacial score (nSPS) is 12.3. The van der Waals surface area contributed by atoms with E-state index in [-0.39, 0.29) is 12.5 Å². The van der Waals surface area contributed by atoms with Crippen molar-refractivity contribution in [2.75, 3.05) is 26.2 Å². The van der Waals surface area contributed by atoms with Crippen LogP contribution in [0.15, 0.2) is 18.2 Å². The molecular weight excluding hydrogens is 311 g/mol. The quantitative estimate of drug-likeness (QED) is 0.794. The molecule has 0 radical (unpaired) electrons. The Balaban J connectivity index is 2.39. The van der Waals surface area contributed by atoms with Gasteiger partial charge in [0.25, 0.3) is 5.91 Å². The number of likely N-dealkylation sites (N-methyl/N-ethyl adjacent to an activating group) is 1. The van der Waals surface area contributed by atoms with Crippen molar-refractivity contribution < 1.29 is 9.53 Å². The Morgan fingerprint density at radius 3 is 2.62 bits per heavy atom. The number of rotatable bonds is 8. The maximum atomic E-state index is 11.8. The lowest BCUT2D eigenvalue weighted by Crippen LogP contribution is -2.43. The first-order valence-electron chi connectivity index (χ1n) is 7.06. The molecule has 0 aliphatic carbocycles. The lowest BCUT2D eigenvalue weighted by Gasteiger charge is -2.26. The summed E-state index contributed by atoms with van der Waals surface area (Å²) in [4.78, 5) is 14.1. The van der Waals surface area contributed by atoms with Crippen LogP contribution in [0.2, 0.25) is 10.0 Å². The number of amides is 1. The fourth-order valence-corrected chi connectivity index (χ4v) is 2.35. The van der Waals surface area contributed by atoms with Crippen LogP contribution in [-0.4, -0.2) is 43.1 Å². The summed E-state index contributed by atoms with van der Waals surface area (Å²) < 4.78 is 5.38. The fourth-order valence-electron chi connectivity index (χ4n) is 2.02. The lowest BCUT2D eigenvalue weighted by atomic mass is 10.3. The minimum Gasteiger partial charge on any atom is -0.482 e. The third-order valence-corrected chi connectivity index (χ3v) is 3.83. The highest BCUT2D eigenvalue weighted by molar-refractivity contribution is 6.34. The monoisotopic (exact) mass is 332 g/mol. The van der Waals surface area contributed by atoms with Crippen LogP contribution in [0, 0.1) is 0 Å². The number of benzene rings is 1. The Hall–Kier alpha value is -0.970. The van der Waals surface area contributed by atoms with E-state index in [4.69, 9.17) is 27.9 Å². The van der Waals surface area contributed by atoms with E-state index in [0.29, 0.717) is 28.4 Å². The molecule has 118 valence electrons. The molecular formula is C15H22Cl2N2O2. The molecule has 6 heteroatoms. The molecule has 0 saturated carbocycles. The molecule has 1 aromatic carbocycles. The predicted molar refractivity (Wildman–Crippen MR) is 87.3 cm³/mol. The molecule has 0 spiro atoms. The molecule has 0 aromatic heterocycles. The molecule has 0 saturated heterocycles. The Kier molecular flexibility index (Phi) is 7.86. The van der Waals surface area contributed by atoms with Gasteiger partial charge >= 0.3 is 0 Å². The standard InChI is InChI=1S/C15H22Cl2N2O2/c1-4-19(5-2)11(3)9-18-15(20)10-21-14-8-12(16)6-7-13(14)17/h6-8,11H,4-5,9-10H2,1-3H3,(H,18,20). The SMILES string of the molecule is CCN(CC)C(C)CNC(=O)COc1cc(Cl)ccc1Cl. The second-order valence-electron chi connectivity index (χ2n) is 4.74. The minimum atomic E-state index is -0.176. The van der Waals surface area contributed by atoms with Crippen molar-refractivity contribution in [3.8, 4) is 5.75 Å². The van der Waals surface area contributed by atoms with Gasteiger partial charge in [0.2, 0.25) is 0 Å². The van der Waals surface area contributed by atoms with Crippen LogP contribution in [0.25, 0.3) is 0 Å².